The number of phenolic OH excluding ortho intramolecular Hbond substituents is 2. The summed E-state index contributed by atoms with van der Waals surface area (Å²) < 4.78 is 12.7. The van der Waals surface area contributed by atoms with Crippen molar-refractivity contribution in [3.63, 3.8) is 0 Å². The maximum absolute atomic E-state index is 12.7. The molecule has 3 aromatic carbocycles. The van der Waals surface area contributed by atoms with Crippen molar-refractivity contribution in [3.8, 4) is 23.0 Å². The number of halogens is 2. The van der Waals surface area contributed by atoms with Gasteiger partial charge in [-0.3, -0.25) is 0 Å². The normalized spacial score (nSPS) is 14.5. The van der Waals surface area contributed by atoms with Crippen LogP contribution in [0.15, 0.2) is 57.5 Å². The Morgan fingerprint density at radius 3 is 1.83 bits per heavy atom. The molecule has 0 amide bonds. The van der Waals surface area contributed by atoms with E-state index >= 15 is 0 Å². The zero-order chi connectivity index (χ0) is 18.9. The molecule has 0 atom stereocenters. The zero-order valence-electron chi connectivity index (χ0n) is 15.5. The standard InChI is InChI=1S/C20H10Br2O5.2Na/c21-15-13(23)7-5-11-17(15)26-18-12(6-8-14(24)16(18)22)20(11)10-4-2-1-3-9(10)19(25)27-20;;/h1-8,23-24H;;/q;2*+1. The summed E-state index contributed by atoms with van der Waals surface area (Å²) in [6.45, 7) is 0. The van der Waals surface area contributed by atoms with Crippen LogP contribution in [0.4, 0.5) is 0 Å². The van der Waals surface area contributed by atoms with Crippen LogP contribution in [0.5, 0.6) is 23.0 Å². The number of ether oxygens (including phenoxy) is 2. The van der Waals surface area contributed by atoms with Crippen LogP contribution in [0, 0.1) is 0 Å². The Kier molecular flexibility index (Phi) is 6.55. The average Bonchev–Trinajstić information content (AvgIpc) is 2.96. The van der Waals surface area contributed by atoms with Crippen LogP contribution in [-0.2, 0) is 10.3 Å². The second-order valence-electron chi connectivity index (χ2n) is 6.27. The molecule has 0 aromatic heterocycles. The smallest absolute Gasteiger partial charge is 0.507 e. The van der Waals surface area contributed by atoms with Crippen molar-refractivity contribution in [2.45, 2.75) is 5.60 Å². The molecule has 0 saturated heterocycles. The van der Waals surface area contributed by atoms with Gasteiger partial charge in [-0.2, -0.15) is 0 Å². The number of carbonyl (C=O) groups is 1. The third kappa shape index (κ3) is 3.13. The number of rotatable bonds is 0. The van der Waals surface area contributed by atoms with E-state index in [0.29, 0.717) is 42.7 Å². The molecule has 2 aliphatic heterocycles. The van der Waals surface area contributed by atoms with Gasteiger partial charge in [0.05, 0.1) is 5.56 Å². The molecule has 0 radical (unpaired) electrons. The van der Waals surface area contributed by atoms with Gasteiger partial charge in [0.1, 0.15) is 20.4 Å². The Morgan fingerprint density at radius 2 is 1.28 bits per heavy atom. The van der Waals surface area contributed by atoms with E-state index in [1.807, 2.05) is 12.1 Å². The topological polar surface area (TPSA) is 76.0 Å². The van der Waals surface area contributed by atoms with Gasteiger partial charge in [0, 0.05) is 16.7 Å². The molecule has 0 bridgehead atoms. The van der Waals surface area contributed by atoms with E-state index < -0.39 is 11.6 Å². The van der Waals surface area contributed by atoms with E-state index in [4.69, 9.17) is 9.47 Å². The first-order chi connectivity index (χ1) is 12.9. The van der Waals surface area contributed by atoms with E-state index in [0.717, 1.165) is 0 Å². The maximum Gasteiger partial charge on any atom is 1.00 e. The Morgan fingerprint density at radius 1 is 0.759 bits per heavy atom. The Labute approximate surface area is 227 Å². The molecular formula is C20H10Br2Na2O5+2. The minimum Gasteiger partial charge on any atom is -0.507 e. The van der Waals surface area contributed by atoms with Gasteiger partial charge in [0.25, 0.3) is 0 Å². The Hall–Kier alpha value is -0.510. The molecule has 1 spiro atoms. The number of fused-ring (bicyclic) bond motifs is 6. The molecule has 2 N–H and O–H groups in total. The van der Waals surface area contributed by atoms with Gasteiger partial charge in [-0.05, 0) is 62.2 Å². The first-order valence-electron chi connectivity index (χ1n) is 7.99. The molecule has 0 fully saturated rings. The summed E-state index contributed by atoms with van der Waals surface area (Å²) in [5.74, 6) is 0.164. The number of aromatic hydroxyl groups is 2. The van der Waals surface area contributed by atoms with Crippen molar-refractivity contribution in [2.24, 2.45) is 0 Å². The first kappa shape index (κ1) is 23.2. The quantitative estimate of drug-likeness (QED) is 0.291. The number of hydrogen-bond donors (Lipinski definition) is 2. The SMILES string of the molecule is O=C1OC2(c3ccccc31)c1ccc(O)c(Br)c1Oc1c2ccc(O)c1Br.[Na+].[Na+]. The summed E-state index contributed by atoms with van der Waals surface area (Å²) in [6, 6.07) is 13.5. The van der Waals surface area contributed by atoms with E-state index in [1.54, 1.807) is 24.3 Å². The van der Waals surface area contributed by atoms with E-state index in [-0.39, 0.29) is 70.6 Å². The summed E-state index contributed by atoms with van der Waals surface area (Å²) in [4.78, 5) is 12.7. The van der Waals surface area contributed by atoms with E-state index in [1.165, 1.54) is 12.1 Å². The second kappa shape index (κ2) is 8.20. The molecule has 9 heteroatoms. The van der Waals surface area contributed by atoms with Crippen LogP contribution >= 0.6 is 31.9 Å². The minimum atomic E-state index is -1.25. The van der Waals surface area contributed by atoms with Gasteiger partial charge in [0.15, 0.2) is 17.1 Å². The zero-order valence-corrected chi connectivity index (χ0v) is 22.7. The number of hydrogen-bond acceptors (Lipinski definition) is 5. The number of carbonyl (C=O) groups excluding carboxylic acids is 1. The summed E-state index contributed by atoms with van der Waals surface area (Å²) in [5, 5.41) is 20.3. The molecule has 29 heavy (non-hydrogen) atoms. The Balaban J connectivity index is 0.00000120. The third-order valence-electron chi connectivity index (χ3n) is 4.89. The van der Waals surface area contributed by atoms with Gasteiger partial charge in [0.2, 0.25) is 0 Å². The number of esters is 1. The van der Waals surface area contributed by atoms with Crippen molar-refractivity contribution >= 4 is 37.8 Å². The van der Waals surface area contributed by atoms with Gasteiger partial charge in [-0.1, -0.05) is 18.2 Å². The molecule has 5 rings (SSSR count). The maximum atomic E-state index is 12.7. The van der Waals surface area contributed by atoms with Crippen LogP contribution in [-0.4, -0.2) is 16.2 Å². The van der Waals surface area contributed by atoms with Crippen molar-refractivity contribution < 1.29 is 83.6 Å². The third-order valence-corrected chi connectivity index (χ3v) is 6.42. The van der Waals surface area contributed by atoms with Gasteiger partial charge in [-0.15, -0.1) is 0 Å². The molecule has 0 saturated carbocycles. The fourth-order valence-electron chi connectivity index (χ4n) is 3.71. The van der Waals surface area contributed by atoms with E-state index in [2.05, 4.69) is 31.9 Å². The van der Waals surface area contributed by atoms with Gasteiger partial charge >= 0.3 is 65.1 Å². The summed E-state index contributed by atoms with van der Waals surface area (Å²) >= 11 is 6.71. The van der Waals surface area contributed by atoms with Gasteiger partial charge in [-0.25, -0.2) is 4.79 Å². The molecule has 5 nitrogen and oxygen atoms in total. The molecule has 2 heterocycles. The van der Waals surface area contributed by atoms with Crippen LogP contribution in [0.25, 0.3) is 0 Å². The van der Waals surface area contributed by atoms with Crippen molar-refractivity contribution in [2.75, 3.05) is 0 Å². The van der Waals surface area contributed by atoms with E-state index in [9.17, 15) is 15.0 Å². The molecule has 0 aliphatic carbocycles. The number of benzene rings is 3. The second-order valence-corrected chi connectivity index (χ2v) is 7.86. The van der Waals surface area contributed by atoms with Crippen molar-refractivity contribution in [1.29, 1.82) is 0 Å². The molecule has 0 unspecified atom stereocenters. The van der Waals surface area contributed by atoms with Crippen LogP contribution in [0.3, 0.4) is 0 Å². The van der Waals surface area contributed by atoms with Crippen molar-refractivity contribution in [3.05, 3.63) is 79.7 Å². The summed E-state index contributed by atoms with van der Waals surface area (Å²) in [7, 11) is 0. The molecular weight excluding hydrogens is 526 g/mol. The van der Waals surface area contributed by atoms with Gasteiger partial charge < -0.3 is 19.7 Å². The van der Waals surface area contributed by atoms with Crippen LogP contribution < -0.4 is 63.9 Å². The Bertz CT molecular complexity index is 1110. The molecule has 134 valence electrons. The average molecular weight is 536 g/mol. The molecule has 3 aromatic rings. The van der Waals surface area contributed by atoms with Crippen LogP contribution in [0.2, 0.25) is 0 Å². The minimum absolute atomic E-state index is 0. The monoisotopic (exact) mass is 534 g/mol. The summed E-state index contributed by atoms with van der Waals surface area (Å²) in [5.41, 5.74) is 1.05. The van der Waals surface area contributed by atoms with Crippen molar-refractivity contribution in [1.82, 2.24) is 0 Å². The number of phenols is 2. The van der Waals surface area contributed by atoms with Crippen LogP contribution in [0.1, 0.15) is 27.0 Å². The molecule has 2 aliphatic rings. The largest absolute Gasteiger partial charge is 1.00 e. The first-order valence-corrected chi connectivity index (χ1v) is 9.58. The summed E-state index contributed by atoms with van der Waals surface area (Å²) in [6.07, 6.45) is 0. The predicted octanol–water partition coefficient (Wildman–Crippen LogP) is -0.801. The fourth-order valence-corrected chi connectivity index (χ4v) is 4.56. The fraction of sp³-hybridized carbons (Fsp3) is 0.0500. The predicted molar refractivity (Wildman–Crippen MR) is 103 cm³/mol.